The van der Waals surface area contributed by atoms with Crippen molar-refractivity contribution in [2.24, 2.45) is 0 Å². The van der Waals surface area contributed by atoms with Gasteiger partial charge >= 0.3 is 0 Å². The third kappa shape index (κ3) is 1.94. The molecule has 0 bridgehead atoms. The molecule has 0 fully saturated rings. The number of nitrogens with zero attached hydrogens (tertiary/aromatic N) is 5. The molecule has 4 heterocycles. The third-order valence-corrected chi connectivity index (χ3v) is 4.04. The van der Waals surface area contributed by atoms with E-state index in [2.05, 4.69) is 19.7 Å². The lowest BCUT2D eigenvalue weighted by molar-refractivity contribution is 0.112. The summed E-state index contributed by atoms with van der Waals surface area (Å²) in [5.41, 5.74) is 1.48. The van der Waals surface area contributed by atoms with Crippen LogP contribution in [0.2, 0.25) is 0 Å². The van der Waals surface area contributed by atoms with Crippen molar-refractivity contribution in [1.29, 1.82) is 0 Å². The van der Waals surface area contributed by atoms with Crippen LogP contribution in [0.4, 0.5) is 0 Å². The number of fused-ring (bicyclic) bond motifs is 2. The second kappa shape index (κ2) is 4.80. The van der Waals surface area contributed by atoms with Crippen LogP contribution in [0.1, 0.15) is 34.8 Å². The van der Waals surface area contributed by atoms with Gasteiger partial charge in [0.1, 0.15) is 11.5 Å². The van der Waals surface area contributed by atoms with Crippen LogP contribution in [-0.2, 0) is 19.5 Å². The topological polar surface area (TPSA) is 65.6 Å². The number of aldehydes is 1. The van der Waals surface area contributed by atoms with Gasteiger partial charge in [-0.05, 0) is 25.0 Å². The minimum Gasteiger partial charge on any atom is -0.324 e. The lowest BCUT2D eigenvalue weighted by atomic mass is 10.2. The van der Waals surface area contributed by atoms with E-state index in [-0.39, 0.29) is 0 Å². The summed E-state index contributed by atoms with van der Waals surface area (Å²) in [5, 5.41) is 9.46. The van der Waals surface area contributed by atoms with E-state index in [0.717, 1.165) is 41.9 Å². The van der Waals surface area contributed by atoms with Crippen LogP contribution >= 0.6 is 0 Å². The number of aromatic nitrogens is 5. The Morgan fingerprint density at radius 2 is 2.24 bits per heavy atom. The van der Waals surface area contributed by atoms with Crippen molar-refractivity contribution in [3.8, 4) is 0 Å². The second-order valence-corrected chi connectivity index (χ2v) is 5.35. The Morgan fingerprint density at radius 3 is 3.14 bits per heavy atom. The average Bonchev–Trinajstić information content (AvgIpc) is 3.10. The molecule has 6 heteroatoms. The van der Waals surface area contributed by atoms with E-state index in [1.165, 1.54) is 12.8 Å². The van der Waals surface area contributed by atoms with Gasteiger partial charge in [0, 0.05) is 36.3 Å². The summed E-state index contributed by atoms with van der Waals surface area (Å²) in [7, 11) is 0. The summed E-state index contributed by atoms with van der Waals surface area (Å²) in [5.74, 6) is 2.00. The first-order chi connectivity index (χ1) is 10.4. The van der Waals surface area contributed by atoms with Crippen LogP contribution < -0.4 is 0 Å². The summed E-state index contributed by atoms with van der Waals surface area (Å²) < 4.78 is 4.17. The molecule has 4 rings (SSSR count). The highest BCUT2D eigenvalue weighted by molar-refractivity contribution is 5.95. The maximum atomic E-state index is 11.2. The quantitative estimate of drug-likeness (QED) is 0.687. The Morgan fingerprint density at radius 1 is 1.29 bits per heavy atom. The van der Waals surface area contributed by atoms with Crippen molar-refractivity contribution in [2.45, 2.75) is 32.4 Å². The molecule has 3 aromatic heterocycles. The fourth-order valence-electron chi connectivity index (χ4n) is 3.00. The minimum atomic E-state index is 0.592. The average molecular weight is 281 g/mol. The Balaban J connectivity index is 1.78. The predicted molar refractivity (Wildman–Crippen MR) is 77.2 cm³/mol. The molecule has 0 saturated heterocycles. The van der Waals surface area contributed by atoms with Crippen LogP contribution in [0.3, 0.4) is 0 Å². The van der Waals surface area contributed by atoms with Crippen molar-refractivity contribution in [3.63, 3.8) is 0 Å². The van der Waals surface area contributed by atoms with Gasteiger partial charge in [0.2, 0.25) is 0 Å². The maximum absolute atomic E-state index is 11.2. The molecule has 21 heavy (non-hydrogen) atoms. The van der Waals surface area contributed by atoms with E-state index < -0.39 is 0 Å². The molecule has 0 aromatic carbocycles. The van der Waals surface area contributed by atoms with Crippen molar-refractivity contribution in [1.82, 2.24) is 24.3 Å². The van der Waals surface area contributed by atoms with E-state index in [1.807, 2.05) is 22.9 Å². The van der Waals surface area contributed by atoms with E-state index >= 15 is 0 Å². The van der Waals surface area contributed by atoms with Gasteiger partial charge in [-0.2, -0.15) is 0 Å². The molecule has 0 unspecified atom stereocenters. The zero-order chi connectivity index (χ0) is 14.2. The van der Waals surface area contributed by atoms with Gasteiger partial charge < -0.3 is 9.13 Å². The molecule has 0 N–H and O–H groups in total. The van der Waals surface area contributed by atoms with Crippen molar-refractivity contribution in [2.75, 3.05) is 0 Å². The number of carbonyl (C=O) groups is 1. The third-order valence-electron chi connectivity index (χ3n) is 4.04. The number of hydrogen-bond donors (Lipinski definition) is 0. The van der Waals surface area contributed by atoms with Gasteiger partial charge in [0.15, 0.2) is 12.1 Å². The monoisotopic (exact) mass is 281 g/mol. The maximum Gasteiger partial charge on any atom is 0.153 e. The van der Waals surface area contributed by atoms with Crippen molar-refractivity contribution in [3.05, 3.63) is 41.7 Å². The van der Waals surface area contributed by atoms with E-state index in [1.54, 1.807) is 6.20 Å². The first-order valence-electron chi connectivity index (χ1n) is 7.17. The van der Waals surface area contributed by atoms with Crippen LogP contribution in [0.5, 0.6) is 0 Å². The fourth-order valence-corrected chi connectivity index (χ4v) is 3.00. The number of hydrogen-bond acceptors (Lipinski definition) is 4. The highest BCUT2D eigenvalue weighted by atomic mass is 16.1. The largest absolute Gasteiger partial charge is 0.324 e. The molecule has 6 nitrogen and oxygen atoms in total. The molecule has 0 atom stereocenters. The molecule has 0 saturated carbocycles. The normalized spacial score (nSPS) is 14.3. The molecule has 1 aliphatic rings. The first kappa shape index (κ1) is 12.3. The molecular formula is C15H15N5O. The second-order valence-electron chi connectivity index (χ2n) is 5.35. The van der Waals surface area contributed by atoms with Crippen molar-refractivity contribution < 1.29 is 4.79 Å². The highest BCUT2D eigenvalue weighted by Gasteiger charge is 2.17. The van der Waals surface area contributed by atoms with E-state index in [4.69, 9.17) is 0 Å². The summed E-state index contributed by atoms with van der Waals surface area (Å²) in [4.78, 5) is 15.6. The Labute approximate surface area is 121 Å². The van der Waals surface area contributed by atoms with Gasteiger partial charge in [-0.15, -0.1) is 10.2 Å². The lowest BCUT2D eigenvalue weighted by Crippen LogP contribution is -2.15. The molecule has 1 aliphatic heterocycles. The van der Waals surface area contributed by atoms with Crippen LogP contribution in [-0.4, -0.2) is 30.6 Å². The number of rotatable bonds is 3. The van der Waals surface area contributed by atoms with Crippen LogP contribution in [0.25, 0.3) is 11.0 Å². The highest BCUT2D eigenvalue weighted by Crippen LogP contribution is 2.20. The number of pyridine rings is 1. The smallest absolute Gasteiger partial charge is 0.153 e. The zero-order valence-electron chi connectivity index (χ0n) is 11.6. The van der Waals surface area contributed by atoms with Gasteiger partial charge in [-0.1, -0.05) is 0 Å². The standard InChI is InChI=1S/C15H15N5O/c21-10-11-8-19(15-12(11)4-3-6-16-15)9-14-18-17-13-5-1-2-7-20(13)14/h3-4,6,8,10H,1-2,5,7,9H2. The summed E-state index contributed by atoms with van der Waals surface area (Å²) in [6, 6.07) is 3.76. The molecule has 0 radical (unpaired) electrons. The van der Waals surface area contributed by atoms with E-state index in [9.17, 15) is 4.79 Å². The first-order valence-corrected chi connectivity index (χ1v) is 7.17. The molecule has 3 aromatic rings. The summed E-state index contributed by atoms with van der Waals surface area (Å²) in [6.45, 7) is 1.57. The van der Waals surface area contributed by atoms with Crippen LogP contribution in [0, 0.1) is 0 Å². The van der Waals surface area contributed by atoms with Crippen LogP contribution in [0.15, 0.2) is 24.5 Å². The molecule has 0 amide bonds. The van der Waals surface area contributed by atoms with E-state index in [0.29, 0.717) is 12.1 Å². The van der Waals surface area contributed by atoms with Gasteiger partial charge in [-0.3, -0.25) is 4.79 Å². The summed E-state index contributed by atoms with van der Waals surface area (Å²) in [6.07, 6.45) is 7.81. The minimum absolute atomic E-state index is 0.592. The Kier molecular flexibility index (Phi) is 2.80. The molecule has 106 valence electrons. The number of aryl methyl sites for hydroxylation is 1. The molecular weight excluding hydrogens is 266 g/mol. The molecule has 0 spiro atoms. The van der Waals surface area contributed by atoms with Gasteiger partial charge in [-0.25, -0.2) is 4.98 Å². The summed E-state index contributed by atoms with van der Waals surface area (Å²) >= 11 is 0. The zero-order valence-corrected chi connectivity index (χ0v) is 11.6. The SMILES string of the molecule is O=Cc1cn(Cc2nnc3n2CCCC3)c2ncccc12. The Hall–Kier alpha value is -2.50. The Bertz CT molecular complexity index is 817. The lowest BCUT2D eigenvalue weighted by Gasteiger charge is -2.15. The van der Waals surface area contributed by atoms with Gasteiger partial charge in [0.05, 0.1) is 6.54 Å². The number of carbonyl (C=O) groups excluding carboxylic acids is 1. The molecule has 0 aliphatic carbocycles. The van der Waals surface area contributed by atoms with Crippen molar-refractivity contribution >= 4 is 17.3 Å². The fraction of sp³-hybridized carbons (Fsp3) is 0.333. The predicted octanol–water partition coefficient (Wildman–Crippen LogP) is 1.82. The van der Waals surface area contributed by atoms with Gasteiger partial charge in [0.25, 0.3) is 0 Å².